The molecule has 102 valence electrons. The number of likely N-dealkylation sites (N-methyl/N-ethyl adjacent to an activating group) is 1. The highest BCUT2D eigenvalue weighted by Gasteiger charge is 2.42. The average molecular weight is 282 g/mol. The second-order valence-corrected chi connectivity index (χ2v) is 6.11. The van der Waals surface area contributed by atoms with Gasteiger partial charge in [-0.25, -0.2) is 17.5 Å². The average Bonchev–Trinajstić information content (AvgIpc) is 2.65. The van der Waals surface area contributed by atoms with Gasteiger partial charge in [-0.2, -0.15) is 0 Å². The molecule has 1 heterocycles. The molecule has 0 aliphatic carbocycles. The van der Waals surface area contributed by atoms with E-state index in [1.807, 2.05) is 6.92 Å². The van der Waals surface area contributed by atoms with Crippen LogP contribution >= 0.6 is 0 Å². The number of nitrogens with zero attached hydrogens (tertiary/aromatic N) is 2. The number of rotatable bonds is 3. The Hall–Kier alpha value is -1.89. The van der Waals surface area contributed by atoms with E-state index < -0.39 is 28.5 Å². The lowest BCUT2D eigenvalue weighted by Crippen LogP contribution is -2.36. The first-order valence-electron chi connectivity index (χ1n) is 5.81. The molecule has 1 aliphatic heterocycles. The van der Waals surface area contributed by atoms with Gasteiger partial charge in [-0.1, -0.05) is 17.7 Å². The minimum Gasteiger partial charge on any atom is -0.272 e. The van der Waals surface area contributed by atoms with Crippen LogP contribution in [0.5, 0.6) is 0 Å². The molecular formula is C12H14N2O4S. The van der Waals surface area contributed by atoms with Crippen LogP contribution in [-0.4, -0.2) is 42.7 Å². The van der Waals surface area contributed by atoms with Crippen LogP contribution in [0.15, 0.2) is 29.2 Å². The molecule has 0 aromatic heterocycles. The van der Waals surface area contributed by atoms with E-state index >= 15 is 0 Å². The summed E-state index contributed by atoms with van der Waals surface area (Å²) in [6, 6.07) is 5.36. The van der Waals surface area contributed by atoms with Crippen molar-refractivity contribution in [1.82, 2.24) is 9.21 Å². The summed E-state index contributed by atoms with van der Waals surface area (Å²) in [6.45, 7) is 3.19. The fraction of sp³-hybridized carbons (Fsp3) is 0.333. The highest BCUT2D eigenvalue weighted by atomic mass is 32.2. The van der Waals surface area contributed by atoms with Crippen molar-refractivity contribution < 1.29 is 18.0 Å². The Morgan fingerprint density at radius 2 is 1.74 bits per heavy atom. The van der Waals surface area contributed by atoms with Crippen LogP contribution in [0.2, 0.25) is 0 Å². The standard InChI is InChI=1S/C12H14N2O4S/c1-3-13-11(15)8-14(12(13)16)19(17,18)10-6-4-9(2)5-7-10/h4-7H,3,8H2,1-2H3. The lowest BCUT2D eigenvalue weighted by Gasteiger charge is -2.16. The molecule has 0 spiro atoms. The number of amides is 3. The van der Waals surface area contributed by atoms with Crippen molar-refractivity contribution in [3.05, 3.63) is 29.8 Å². The zero-order chi connectivity index (χ0) is 14.2. The molecule has 19 heavy (non-hydrogen) atoms. The molecule has 0 unspecified atom stereocenters. The number of aryl methyl sites for hydroxylation is 1. The number of sulfonamides is 1. The molecule has 7 heteroatoms. The quantitative estimate of drug-likeness (QED) is 0.774. The second-order valence-electron chi connectivity index (χ2n) is 4.25. The van der Waals surface area contributed by atoms with Gasteiger partial charge in [-0.3, -0.25) is 9.69 Å². The summed E-state index contributed by atoms with van der Waals surface area (Å²) in [4.78, 5) is 24.4. The lowest BCUT2D eigenvalue weighted by atomic mass is 10.2. The van der Waals surface area contributed by atoms with Gasteiger partial charge in [-0.15, -0.1) is 0 Å². The first-order chi connectivity index (χ1) is 8.87. The van der Waals surface area contributed by atoms with Crippen molar-refractivity contribution in [2.45, 2.75) is 18.7 Å². The lowest BCUT2D eigenvalue weighted by molar-refractivity contribution is -0.125. The molecule has 0 bridgehead atoms. The van der Waals surface area contributed by atoms with Crippen LogP contribution in [0, 0.1) is 6.92 Å². The SMILES string of the molecule is CCN1C(=O)CN(S(=O)(=O)c2ccc(C)cc2)C1=O. The summed E-state index contributed by atoms with van der Waals surface area (Å²) in [5.41, 5.74) is 0.915. The van der Waals surface area contributed by atoms with Crippen LogP contribution in [0.25, 0.3) is 0 Å². The molecule has 2 rings (SSSR count). The highest BCUT2D eigenvalue weighted by Crippen LogP contribution is 2.21. The largest absolute Gasteiger partial charge is 0.341 e. The predicted octanol–water partition coefficient (Wildman–Crippen LogP) is 0.968. The monoisotopic (exact) mass is 282 g/mol. The third-order valence-corrected chi connectivity index (χ3v) is 4.68. The Labute approximate surface area is 111 Å². The topological polar surface area (TPSA) is 74.8 Å². The van der Waals surface area contributed by atoms with E-state index in [1.54, 1.807) is 19.1 Å². The van der Waals surface area contributed by atoms with E-state index in [0.717, 1.165) is 10.5 Å². The number of carbonyl (C=O) groups excluding carboxylic acids is 2. The van der Waals surface area contributed by atoms with Gasteiger partial charge in [0.25, 0.3) is 15.9 Å². The summed E-state index contributed by atoms with van der Waals surface area (Å²) in [7, 11) is -3.96. The van der Waals surface area contributed by atoms with Crippen LogP contribution < -0.4 is 0 Å². The minimum absolute atomic E-state index is 0.0113. The van der Waals surface area contributed by atoms with E-state index in [2.05, 4.69) is 0 Å². The fourth-order valence-corrected chi connectivity index (χ4v) is 3.17. The minimum atomic E-state index is -3.96. The summed E-state index contributed by atoms with van der Waals surface area (Å²) in [5, 5.41) is 0. The number of imide groups is 1. The van der Waals surface area contributed by atoms with Crippen LogP contribution in [0.1, 0.15) is 12.5 Å². The molecule has 1 aliphatic rings. The summed E-state index contributed by atoms with van der Waals surface area (Å²) < 4.78 is 25.2. The van der Waals surface area contributed by atoms with Crippen molar-refractivity contribution in [2.24, 2.45) is 0 Å². The van der Waals surface area contributed by atoms with E-state index in [-0.39, 0.29) is 11.4 Å². The molecule has 3 amide bonds. The zero-order valence-electron chi connectivity index (χ0n) is 10.7. The van der Waals surface area contributed by atoms with Gasteiger partial charge < -0.3 is 0 Å². The van der Waals surface area contributed by atoms with E-state index in [9.17, 15) is 18.0 Å². The molecular weight excluding hydrogens is 268 g/mol. The Morgan fingerprint density at radius 1 is 1.16 bits per heavy atom. The van der Waals surface area contributed by atoms with E-state index in [1.165, 1.54) is 12.1 Å². The Morgan fingerprint density at radius 3 is 2.21 bits per heavy atom. The highest BCUT2D eigenvalue weighted by molar-refractivity contribution is 7.89. The fourth-order valence-electron chi connectivity index (χ4n) is 1.85. The molecule has 1 saturated heterocycles. The van der Waals surface area contributed by atoms with Crippen molar-refractivity contribution in [3.8, 4) is 0 Å². The van der Waals surface area contributed by atoms with Crippen molar-refractivity contribution in [3.63, 3.8) is 0 Å². The maximum Gasteiger partial charge on any atom is 0.341 e. The number of urea groups is 1. The first kappa shape index (κ1) is 13.5. The van der Waals surface area contributed by atoms with Gasteiger partial charge in [0.05, 0.1) is 4.90 Å². The Balaban J connectivity index is 2.39. The molecule has 0 atom stereocenters. The van der Waals surface area contributed by atoms with Gasteiger partial charge in [0.2, 0.25) is 0 Å². The number of carbonyl (C=O) groups is 2. The van der Waals surface area contributed by atoms with Gasteiger partial charge in [-0.05, 0) is 26.0 Å². The number of hydrogen-bond donors (Lipinski definition) is 0. The normalized spacial score (nSPS) is 16.3. The summed E-state index contributed by atoms with van der Waals surface area (Å²) >= 11 is 0. The molecule has 0 radical (unpaired) electrons. The van der Waals surface area contributed by atoms with Gasteiger partial charge in [0, 0.05) is 6.54 Å². The Bertz CT molecular complexity index is 622. The molecule has 6 nitrogen and oxygen atoms in total. The van der Waals surface area contributed by atoms with Gasteiger partial charge >= 0.3 is 6.03 Å². The van der Waals surface area contributed by atoms with Crippen molar-refractivity contribution in [1.29, 1.82) is 0 Å². The maximum absolute atomic E-state index is 12.3. The molecule has 0 N–H and O–H groups in total. The van der Waals surface area contributed by atoms with Crippen LogP contribution in [0.3, 0.4) is 0 Å². The van der Waals surface area contributed by atoms with Crippen LogP contribution in [0.4, 0.5) is 4.79 Å². The predicted molar refractivity (Wildman–Crippen MR) is 67.9 cm³/mol. The van der Waals surface area contributed by atoms with Crippen LogP contribution in [-0.2, 0) is 14.8 Å². The third kappa shape index (κ3) is 2.21. The van der Waals surface area contributed by atoms with E-state index in [0.29, 0.717) is 4.31 Å². The van der Waals surface area contributed by atoms with E-state index in [4.69, 9.17) is 0 Å². The first-order valence-corrected chi connectivity index (χ1v) is 7.25. The second kappa shape index (κ2) is 4.65. The molecule has 1 aromatic rings. The summed E-state index contributed by atoms with van der Waals surface area (Å²) in [5.74, 6) is -0.497. The Kier molecular flexibility index (Phi) is 3.32. The zero-order valence-corrected chi connectivity index (χ0v) is 11.5. The number of hydrogen-bond acceptors (Lipinski definition) is 4. The molecule has 1 fully saturated rings. The van der Waals surface area contributed by atoms with Gasteiger partial charge in [0.15, 0.2) is 0 Å². The molecule has 0 saturated carbocycles. The smallest absolute Gasteiger partial charge is 0.272 e. The van der Waals surface area contributed by atoms with Crippen molar-refractivity contribution >= 4 is 22.0 Å². The third-order valence-electron chi connectivity index (χ3n) is 2.95. The van der Waals surface area contributed by atoms with Crippen molar-refractivity contribution in [2.75, 3.05) is 13.1 Å². The molecule has 1 aromatic carbocycles. The van der Waals surface area contributed by atoms with Gasteiger partial charge in [0.1, 0.15) is 6.54 Å². The summed E-state index contributed by atoms with van der Waals surface area (Å²) in [6.07, 6.45) is 0. The maximum atomic E-state index is 12.3. The number of benzene rings is 1.